The maximum Gasteiger partial charge on any atom is 0.292 e. The van der Waals surface area contributed by atoms with Crippen molar-refractivity contribution in [2.75, 3.05) is 14.1 Å². The molecule has 0 aliphatic rings. The van der Waals surface area contributed by atoms with E-state index < -0.39 is 0 Å². The molecule has 0 spiro atoms. The monoisotopic (exact) mass is 120 g/mol. The SMILES string of the molecule is CNN(C)C(=O)S. The molecule has 0 atom stereocenters. The number of hydrogen-bond acceptors (Lipinski definition) is 2. The average molecular weight is 120 g/mol. The van der Waals surface area contributed by atoms with Crippen molar-refractivity contribution in [3.63, 3.8) is 0 Å². The van der Waals surface area contributed by atoms with Crippen LogP contribution in [0.2, 0.25) is 0 Å². The summed E-state index contributed by atoms with van der Waals surface area (Å²) in [6, 6.07) is 0. The van der Waals surface area contributed by atoms with Crippen LogP contribution in [0.15, 0.2) is 0 Å². The first kappa shape index (κ1) is 6.78. The molecule has 0 unspecified atom stereocenters. The molecule has 0 fully saturated rings. The Morgan fingerprint density at radius 3 is 2.29 bits per heavy atom. The van der Waals surface area contributed by atoms with E-state index in [-0.39, 0.29) is 5.24 Å². The Bertz CT molecular complexity index is 75.3. The van der Waals surface area contributed by atoms with Crippen LogP contribution < -0.4 is 5.43 Å². The first-order chi connectivity index (χ1) is 3.18. The van der Waals surface area contributed by atoms with Gasteiger partial charge in [-0.25, -0.2) is 5.43 Å². The van der Waals surface area contributed by atoms with Crippen molar-refractivity contribution in [3.8, 4) is 0 Å². The van der Waals surface area contributed by atoms with Crippen LogP contribution in [0, 0.1) is 0 Å². The minimum atomic E-state index is -0.289. The summed E-state index contributed by atoms with van der Waals surface area (Å²) in [4.78, 5) is 10.1. The topological polar surface area (TPSA) is 32.3 Å². The van der Waals surface area contributed by atoms with Crippen LogP contribution in [0.5, 0.6) is 0 Å². The van der Waals surface area contributed by atoms with E-state index in [1.165, 1.54) is 5.01 Å². The van der Waals surface area contributed by atoms with Crippen molar-refractivity contribution in [3.05, 3.63) is 0 Å². The zero-order chi connectivity index (χ0) is 5.86. The van der Waals surface area contributed by atoms with Crippen LogP contribution in [-0.2, 0) is 0 Å². The van der Waals surface area contributed by atoms with E-state index >= 15 is 0 Å². The van der Waals surface area contributed by atoms with Crippen molar-refractivity contribution in [1.29, 1.82) is 0 Å². The molecule has 0 bridgehead atoms. The number of amides is 1. The van der Waals surface area contributed by atoms with E-state index in [9.17, 15) is 4.79 Å². The zero-order valence-corrected chi connectivity index (χ0v) is 5.20. The molecule has 0 aliphatic heterocycles. The number of nitrogens with zero attached hydrogens (tertiary/aromatic N) is 1. The second-order valence-corrected chi connectivity index (χ2v) is 1.45. The summed E-state index contributed by atoms with van der Waals surface area (Å²) < 4.78 is 0. The summed E-state index contributed by atoms with van der Waals surface area (Å²) in [6.45, 7) is 0. The molecule has 3 nitrogen and oxygen atoms in total. The van der Waals surface area contributed by atoms with E-state index in [0.717, 1.165) is 0 Å². The van der Waals surface area contributed by atoms with E-state index in [2.05, 4.69) is 18.1 Å². The number of nitrogens with one attached hydrogen (secondary N) is 1. The summed E-state index contributed by atoms with van der Waals surface area (Å²) in [5.41, 5.74) is 2.57. The predicted molar refractivity (Wildman–Crippen MR) is 31.2 cm³/mol. The standard InChI is InChI=1S/C3H8N2OS/c1-4-5(2)3(6)7/h4H,1-2H3,(H,6,7). The van der Waals surface area contributed by atoms with Gasteiger partial charge in [0.15, 0.2) is 0 Å². The van der Waals surface area contributed by atoms with Gasteiger partial charge < -0.3 is 0 Å². The van der Waals surface area contributed by atoms with E-state index in [1.54, 1.807) is 14.1 Å². The normalized spacial score (nSPS) is 8.43. The van der Waals surface area contributed by atoms with Gasteiger partial charge in [-0.05, 0) is 0 Å². The van der Waals surface area contributed by atoms with Gasteiger partial charge >= 0.3 is 0 Å². The lowest BCUT2D eigenvalue weighted by Gasteiger charge is -2.09. The van der Waals surface area contributed by atoms with Gasteiger partial charge in [-0.15, -0.1) is 0 Å². The molecule has 0 saturated carbocycles. The van der Waals surface area contributed by atoms with Gasteiger partial charge in [-0.2, -0.15) is 0 Å². The summed E-state index contributed by atoms with van der Waals surface area (Å²) in [5, 5.41) is 0.978. The highest BCUT2D eigenvalue weighted by molar-refractivity contribution is 7.96. The smallest absolute Gasteiger partial charge is 0.272 e. The first-order valence-electron chi connectivity index (χ1n) is 1.82. The van der Waals surface area contributed by atoms with E-state index in [0.29, 0.717) is 0 Å². The van der Waals surface area contributed by atoms with Crippen molar-refractivity contribution in [2.24, 2.45) is 0 Å². The van der Waals surface area contributed by atoms with Crippen LogP contribution in [0.4, 0.5) is 4.79 Å². The van der Waals surface area contributed by atoms with Gasteiger partial charge in [-0.3, -0.25) is 9.80 Å². The van der Waals surface area contributed by atoms with Crippen LogP contribution >= 0.6 is 12.6 Å². The molecule has 0 aromatic heterocycles. The number of carbonyl (C=O) groups excluding carboxylic acids is 1. The Morgan fingerprint density at radius 1 is 1.86 bits per heavy atom. The minimum absolute atomic E-state index is 0.289. The first-order valence-corrected chi connectivity index (χ1v) is 2.27. The summed E-state index contributed by atoms with van der Waals surface area (Å²) >= 11 is 3.50. The van der Waals surface area contributed by atoms with Crippen LogP contribution in [-0.4, -0.2) is 24.3 Å². The molecular formula is C3H8N2OS. The second-order valence-electron chi connectivity index (χ2n) is 1.07. The number of rotatable bonds is 1. The average Bonchev–Trinajstić information content (AvgIpc) is 1.65. The van der Waals surface area contributed by atoms with Crippen LogP contribution in [0.3, 0.4) is 0 Å². The Labute approximate surface area is 48.1 Å². The minimum Gasteiger partial charge on any atom is -0.272 e. The lowest BCUT2D eigenvalue weighted by molar-refractivity contribution is 0.219. The van der Waals surface area contributed by atoms with Crippen molar-refractivity contribution < 1.29 is 4.79 Å². The second kappa shape index (κ2) is 2.87. The lowest BCUT2D eigenvalue weighted by Crippen LogP contribution is -2.32. The summed E-state index contributed by atoms with van der Waals surface area (Å²) in [7, 11) is 3.24. The fourth-order valence-corrected chi connectivity index (χ4v) is 0.196. The van der Waals surface area contributed by atoms with Crippen molar-refractivity contribution >= 4 is 17.9 Å². The van der Waals surface area contributed by atoms with Gasteiger partial charge in [0.25, 0.3) is 5.24 Å². The maximum absolute atomic E-state index is 10.1. The molecule has 0 aliphatic carbocycles. The zero-order valence-electron chi connectivity index (χ0n) is 4.30. The Balaban J connectivity index is 3.34. The predicted octanol–water partition coefficient (Wildman–Crippen LogP) is 0.102. The Hall–Kier alpha value is -0.220. The van der Waals surface area contributed by atoms with E-state index in [4.69, 9.17) is 0 Å². The molecule has 7 heavy (non-hydrogen) atoms. The fraction of sp³-hybridized carbons (Fsp3) is 0.667. The third-order valence-corrected chi connectivity index (χ3v) is 0.922. The third kappa shape index (κ3) is 2.47. The lowest BCUT2D eigenvalue weighted by atomic mass is 11.1. The third-order valence-electron chi connectivity index (χ3n) is 0.622. The summed E-state index contributed by atoms with van der Waals surface area (Å²) in [6.07, 6.45) is 0. The molecule has 42 valence electrons. The number of thiol groups is 1. The van der Waals surface area contributed by atoms with Crippen LogP contribution in [0.1, 0.15) is 0 Å². The Morgan fingerprint density at radius 2 is 2.29 bits per heavy atom. The molecule has 0 rings (SSSR count). The molecular weight excluding hydrogens is 112 g/mol. The van der Waals surface area contributed by atoms with E-state index in [1.807, 2.05) is 0 Å². The number of carbonyl (C=O) groups is 1. The maximum atomic E-state index is 10.1. The van der Waals surface area contributed by atoms with Gasteiger partial charge in [-0.1, -0.05) is 12.6 Å². The molecule has 1 amide bonds. The molecule has 0 aromatic carbocycles. The number of hydrogen-bond donors (Lipinski definition) is 2. The Kier molecular flexibility index (Phi) is 2.78. The molecule has 1 N–H and O–H groups in total. The highest BCUT2D eigenvalue weighted by Crippen LogP contribution is 1.82. The number of hydrazine groups is 1. The largest absolute Gasteiger partial charge is 0.292 e. The quantitative estimate of drug-likeness (QED) is 0.380. The molecule has 0 heterocycles. The van der Waals surface area contributed by atoms with Gasteiger partial charge in [0, 0.05) is 14.1 Å². The highest BCUT2D eigenvalue weighted by Gasteiger charge is 1.94. The molecule has 0 saturated heterocycles. The van der Waals surface area contributed by atoms with Crippen LogP contribution in [0.25, 0.3) is 0 Å². The van der Waals surface area contributed by atoms with Crippen molar-refractivity contribution in [2.45, 2.75) is 0 Å². The molecule has 4 heteroatoms. The van der Waals surface area contributed by atoms with Crippen molar-refractivity contribution in [1.82, 2.24) is 10.4 Å². The van der Waals surface area contributed by atoms with Gasteiger partial charge in [0.2, 0.25) is 0 Å². The highest BCUT2D eigenvalue weighted by atomic mass is 32.1. The molecule has 0 aromatic rings. The molecule has 0 radical (unpaired) electrons. The van der Waals surface area contributed by atoms with Gasteiger partial charge in [0.05, 0.1) is 0 Å². The summed E-state index contributed by atoms with van der Waals surface area (Å²) in [5.74, 6) is 0. The van der Waals surface area contributed by atoms with Gasteiger partial charge in [0.1, 0.15) is 0 Å². The fourth-order valence-electron chi connectivity index (χ4n) is 0.0956.